The van der Waals surface area contributed by atoms with E-state index in [0.717, 1.165) is 56.0 Å². The number of hydrogen-bond acceptors (Lipinski definition) is 4. The van der Waals surface area contributed by atoms with Gasteiger partial charge in [0.25, 0.3) is 0 Å². The van der Waals surface area contributed by atoms with E-state index < -0.39 is 0 Å². The Kier molecular flexibility index (Phi) is 8.05. The molecule has 1 heterocycles. The number of nitrogens with zero attached hydrogens (tertiary/aromatic N) is 2. The van der Waals surface area contributed by atoms with Crippen LogP contribution in [-0.2, 0) is 11.2 Å². The van der Waals surface area contributed by atoms with E-state index in [-0.39, 0.29) is 12.5 Å². The van der Waals surface area contributed by atoms with E-state index in [2.05, 4.69) is 15.6 Å². The molecule has 1 amide bonds. The summed E-state index contributed by atoms with van der Waals surface area (Å²) in [5.74, 6) is 2.21. The number of benzene rings is 1. The van der Waals surface area contributed by atoms with Gasteiger partial charge in [-0.1, -0.05) is 6.07 Å². The van der Waals surface area contributed by atoms with E-state index in [1.165, 1.54) is 0 Å². The van der Waals surface area contributed by atoms with Gasteiger partial charge in [-0.3, -0.25) is 4.79 Å². The molecule has 0 aliphatic carbocycles. The number of ether oxygens (including phenoxy) is 2. The first kappa shape index (κ1) is 19.9. The van der Waals surface area contributed by atoms with Crippen molar-refractivity contribution in [3.63, 3.8) is 0 Å². The summed E-state index contributed by atoms with van der Waals surface area (Å²) in [5.41, 5.74) is 1.14. The number of rotatable bonds is 8. The van der Waals surface area contributed by atoms with Crippen LogP contribution in [0.3, 0.4) is 0 Å². The molecule has 7 nitrogen and oxygen atoms in total. The van der Waals surface area contributed by atoms with Gasteiger partial charge in [-0.2, -0.15) is 0 Å². The highest BCUT2D eigenvalue weighted by atomic mass is 16.5. The van der Waals surface area contributed by atoms with Crippen molar-refractivity contribution in [2.45, 2.75) is 26.2 Å². The molecule has 0 bridgehead atoms. The minimum Gasteiger partial charge on any atom is -0.493 e. The van der Waals surface area contributed by atoms with Crippen molar-refractivity contribution in [1.82, 2.24) is 15.5 Å². The summed E-state index contributed by atoms with van der Waals surface area (Å²) in [6.07, 6.45) is 3.00. The van der Waals surface area contributed by atoms with Crippen molar-refractivity contribution in [2.75, 3.05) is 46.9 Å². The maximum atomic E-state index is 12.1. The fourth-order valence-corrected chi connectivity index (χ4v) is 2.92. The van der Waals surface area contributed by atoms with E-state index in [1.54, 1.807) is 14.2 Å². The van der Waals surface area contributed by atoms with E-state index in [9.17, 15) is 4.79 Å². The summed E-state index contributed by atoms with van der Waals surface area (Å²) in [6, 6.07) is 5.90. The highest BCUT2D eigenvalue weighted by Crippen LogP contribution is 2.27. The number of nitrogens with one attached hydrogen (secondary N) is 2. The third-order valence-corrected chi connectivity index (χ3v) is 4.33. The van der Waals surface area contributed by atoms with Crippen molar-refractivity contribution >= 4 is 11.9 Å². The number of hydrogen-bond donors (Lipinski definition) is 2. The molecule has 0 unspecified atom stereocenters. The molecule has 26 heavy (non-hydrogen) atoms. The van der Waals surface area contributed by atoms with Crippen LogP contribution >= 0.6 is 0 Å². The third-order valence-electron chi connectivity index (χ3n) is 4.33. The molecule has 0 aromatic heterocycles. The lowest BCUT2D eigenvalue weighted by molar-refractivity contribution is -0.128. The van der Waals surface area contributed by atoms with Gasteiger partial charge >= 0.3 is 0 Å². The van der Waals surface area contributed by atoms with E-state index >= 15 is 0 Å². The molecule has 1 aliphatic heterocycles. The molecule has 1 aliphatic rings. The summed E-state index contributed by atoms with van der Waals surface area (Å²) in [6.45, 7) is 5.37. The minimum atomic E-state index is 0.0968. The Hall–Kier alpha value is -2.44. The molecule has 0 radical (unpaired) electrons. The lowest BCUT2D eigenvalue weighted by atomic mass is 10.1. The molecule has 1 aromatic rings. The maximum Gasteiger partial charge on any atom is 0.244 e. The first-order valence-corrected chi connectivity index (χ1v) is 9.18. The second-order valence-electron chi connectivity index (χ2n) is 6.15. The van der Waals surface area contributed by atoms with Crippen LogP contribution in [0.5, 0.6) is 11.5 Å². The number of methoxy groups -OCH3 is 2. The summed E-state index contributed by atoms with van der Waals surface area (Å²) in [7, 11) is 3.26. The second kappa shape index (κ2) is 10.5. The fourth-order valence-electron chi connectivity index (χ4n) is 2.92. The first-order valence-electron chi connectivity index (χ1n) is 9.18. The highest BCUT2D eigenvalue weighted by Gasteiger charge is 2.17. The smallest absolute Gasteiger partial charge is 0.244 e. The zero-order valence-electron chi connectivity index (χ0n) is 16.0. The second-order valence-corrected chi connectivity index (χ2v) is 6.15. The van der Waals surface area contributed by atoms with Gasteiger partial charge in [0.1, 0.15) is 6.54 Å². The zero-order chi connectivity index (χ0) is 18.8. The monoisotopic (exact) mass is 362 g/mol. The number of guanidine groups is 1. The third kappa shape index (κ3) is 5.82. The SMILES string of the molecule is CCNC(=NCC(=O)N1CCCC1)NCCc1ccc(OC)c(OC)c1. The van der Waals surface area contributed by atoms with Gasteiger partial charge in [0.15, 0.2) is 17.5 Å². The predicted molar refractivity (Wildman–Crippen MR) is 103 cm³/mol. The molecule has 1 fully saturated rings. The van der Waals surface area contributed by atoms with Crippen LogP contribution in [0.4, 0.5) is 0 Å². The Bertz CT molecular complexity index is 613. The molecule has 2 rings (SSSR count). The van der Waals surface area contributed by atoms with Crippen LogP contribution in [0.25, 0.3) is 0 Å². The van der Waals surface area contributed by atoms with Gasteiger partial charge in [-0.15, -0.1) is 0 Å². The zero-order valence-corrected chi connectivity index (χ0v) is 16.0. The summed E-state index contributed by atoms with van der Waals surface area (Å²) in [5, 5.41) is 6.46. The summed E-state index contributed by atoms with van der Waals surface area (Å²) >= 11 is 0. The topological polar surface area (TPSA) is 75.2 Å². The fraction of sp³-hybridized carbons (Fsp3) is 0.579. The maximum absolute atomic E-state index is 12.1. The molecule has 1 aromatic carbocycles. The van der Waals surface area contributed by atoms with Crippen molar-refractivity contribution in [3.8, 4) is 11.5 Å². The quantitative estimate of drug-likeness (QED) is 0.540. The van der Waals surface area contributed by atoms with Crippen molar-refractivity contribution < 1.29 is 14.3 Å². The van der Waals surface area contributed by atoms with Gasteiger partial charge in [0.05, 0.1) is 14.2 Å². The van der Waals surface area contributed by atoms with E-state index in [4.69, 9.17) is 9.47 Å². The van der Waals surface area contributed by atoms with Gasteiger partial charge in [0.2, 0.25) is 5.91 Å². The predicted octanol–water partition coefficient (Wildman–Crippen LogP) is 1.42. The Balaban J connectivity index is 1.85. The molecule has 144 valence electrons. The largest absolute Gasteiger partial charge is 0.493 e. The molecule has 1 saturated heterocycles. The van der Waals surface area contributed by atoms with Gasteiger partial charge in [-0.25, -0.2) is 4.99 Å². The molecule has 0 saturated carbocycles. The number of amides is 1. The van der Waals surface area contributed by atoms with Crippen LogP contribution in [-0.4, -0.2) is 63.7 Å². The van der Waals surface area contributed by atoms with Crippen LogP contribution < -0.4 is 20.1 Å². The van der Waals surface area contributed by atoms with Gasteiger partial charge < -0.3 is 25.0 Å². The Morgan fingerprint density at radius 2 is 1.88 bits per heavy atom. The Morgan fingerprint density at radius 3 is 2.54 bits per heavy atom. The van der Waals surface area contributed by atoms with Crippen molar-refractivity contribution in [1.29, 1.82) is 0 Å². The normalized spacial score (nSPS) is 14.3. The van der Waals surface area contributed by atoms with Crippen LogP contribution in [0, 0.1) is 0 Å². The van der Waals surface area contributed by atoms with Crippen LogP contribution in [0.2, 0.25) is 0 Å². The van der Waals surface area contributed by atoms with Gasteiger partial charge in [0, 0.05) is 26.2 Å². The van der Waals surface area contributed by atoms with Crippen molar-refractivity contribution in [3.05, 3.63) is 23.8 Å². The standard InChI is InChI=1S/C19H30N4O3/c1-4-20-19(22-14-18(24)23-11-5-6-12-23)21-10-9-15-7-8-16(25-2)17(13-15)26-3/h7-8,13H,4-6,9-12,14H2,1-3H3,(H2,20,21,22). The molecule has 2 N–H and O–H groups in total. The Morgan fingerprint density at radius 1 is 1.15 bits per heavy atom. The summed E-state index contributed by atoms with van der Waals surface area (Å²) < 4.78 is 10.6. The molecule has 0 spiro atoms. The highest BCUT2D eigenvalue weighted by molar-refractivity contribution is 5.85. The molecular weight excluding hydrogens is 332 g/mol. The van der Waals surface area contributed by atoms with Crippen LogP contribution in [0.15, 0.2) is 23.2 Å². The van der Waals surface area contributed by atoms with Crippen LogP contribution in [0.1, 0.15) is 25.3 Å². The minimum absolute atomic E-state index is 0.0968. The van der Waals surface area contributed by atoms with E-state index in [1.807, 2.05) is 30.0 Å². The number of aliphatic imine (C=N–C) groups is 1. The number of carbonyl (C=O) groups is 1. The van der Waals surface area contributed by atoms with Crippen molar-refractivity contribution in [2.24, 2.45) is 4.99 Å². The summed E-state index contributed by atoms with van der Waals surface area (Å²) in [4.78, 5) is 18.4. The Labute approximate surface area is 155 Å². The molecule has 7 heteroatoms. The number of likely N-dealkylation sites (tertiary alicyclic amines) is 1. The average Bonchev–Trinajstić information content (AvgIpc) is 3.20. The average molecular weight is 362 g/mol. The van der Waals surface area contributed by atoms with Gasteiger partial charge in [-0.05, 0) is 43.9 Å². The van der Waals surface area contributed by atoms with E-state index in [0.29, 0.717) is 12.5 Å². The number of carbonyl (C=O) groups excluding carboxylic acids is 1. The lowest BCUT2D eigenvalue weighted by Crippen LogP contribution is -2.39. The molecular formula is C19H30N4O3. The first-order chi connectivity index (χ1) is 12.7. The lowest BCUT2D eigenvalue weighted by Gasteiger charge is -2.15. The molecule has 0 atom stereocenters.